The van der Waals surface area contributed by atoms with Crippen LogP contribution in [0.3, 0.4) is 0 Å². The number of benzene rings is 1. The van der Waals surface area contributed by atoms with Gasteiger partial charge in [0, 0.05) is 24.4 Å². The summed E-state index contributed by atoms with van der Waals surface area (Å²) in [7, 11) is -4.08. The number of carbonyl (C=O) groups is 2. The van der Waals surface area contributed by atoms with Crippen molar-refractivity contribution in [3.8, 4) is 11.3 Å². The summed E-state index contributed by atoms with van der Waals surface area (Å²) in [5, 5.41) is 11.7. The Balaban J connectivity index is 1.44. The van der Waals surface area contributed by atoms with Crippen LogP contribution in [0, 0.1) is 11.1 Å². The molecule has 2 fully saturated rings. The summed E-state index contributed by atoms with van der Waals surface area (Å²) in [6.45, 7) is 4.07. The van der Waals surface area contributed by atoms with Gasteiger partial charge in [0.05, 0.1) is 24.2 Å². The zero-order chi connectivity index (χ0) is 27.0. The monoisotopic (exact) mass is 534 g/mol. The second kappa shape index (κ2) is 10.3. The molecule has 2 aliphatic heterocycles. The molecule has 5 rings (SSSR count). The molecule has 0 saturated carbocycles. The van der Waals surface area contributed by atoms with Crippen molar-refractivity contribution < 1.29 is 22.7 Å². The van der Waals surface area contributed by atoms with Crippen LogP contribution in [-0.2, 0) is 19.6 Å². The second-order valence-electron chi connectivity index (χ2n) is 10.3. The van der Waals surface area contributed by atoms with E-state index in [1.165, 1.54) is 18.3 Å². The van der Waals surface area contributed by atoms with E-state index in [9.17, 15) is 23.2 Å². The Morgan fingerprint density at radius 2 is 1.97 bits per heavy atom. The molecule has 3 aromatic rings. The van der Waals surface area contributed by atoms with E-state index >= 15 is 0 Å². The van der Waals surface area contributed by atoms with E-state index in [4.69, 9.17) is 0 Å². The van der Waals surface area contributed by atoms with Gasteiger partial charge in [-0.15, -0.1) is 0 Å². The van der Waals surface area contributed by atoms with Gasteiger partial charge < -0.3 is 10.1 Å². The number of hydrogen-bond acceptors (Lipinski definition) is 6. The van der Waals surface area contributed by atoms with Crippen molar-refractivity contribution in [2.45, 2.75) is 49.6 Å². The summed E-state index contributed by atoms with van der Waals surface area (Å²) < 4.78 is 28.2. The van der Waals surface area contributed by atoms with E-state index in [1.54, 1.807) is 11.1 Å². The van der Waals surface area contributed by atoms with Crippen molar-refractivity contribution in [3.63, 3.8) is 0 Å². The molecule has 1 aromatic carbocycles. The van der Waals surface area contributed by atoms with E-state index in [0.717, 1.165) is 27.3 Å². The average Bonchev–Trinajstić information content (AvgIpc) is 3.49. The number of Topliss-reactive ketones (excluding diaryl/α,β-unsaturated/α-hetero) is 1. The number of sulfonamides is 1. The van der Waals surface area contributed by atoms with Crippen molar-refractivity contribution >= 4 is 21.7 Å². The number of pyridine rings is 2. The first kappa shape index (κ1) is 26.0. The van der Waals surface area contributed by atoms with Gasteiger partial charge in [-0.05, 0) is 48.6 Å². The van der Waals surface area contributed by atoms with Crippen molar-refractivity contribution in [2.24, 2.45) is 5.92 Å². The maximum absolute atomic E-state index is 14.0. The molecule has 0 radical (unpaired) electrons. The van der Waals surface area contributed by atoms with Gasteiger partial charge in [0.15, 0.2) is 18.2 Å². The Kier molecular flexibility index (Phi) is 7.02. The largest absolute Gasteiger partial charge is 0.619 e. The van der Waals surface area contributed by atoms with Gasteiger partial charge in [-0.25, -0.2) is 8.42 Å². The van der Waals surface area contributed by atoms with E-state index in [0.29, 0.717) is 17.6 Å². The van der Waals surface area contributed by atoms with Crippen molar-refractivity contribution in [1.82, 2.24) is 14.2 Å². The molecule has 0 aliphatic carbocycles. The minimum Gasteiger partial charge on any atom is -0.619 e. The number of hydrogen-bond donors (Lipinski definition) is 0. The molecule has 38 heavy (non-hydrogen) atoms. The lowest BCUT2D eigenvalue weighted by Crippen LogP contribution is -2.45. The van der Waals surface area contributed by atoms with Crippen LogP contribution in [0.4, 0.5) is 0 Å². The highest BCUT2D eigenvalue weighted by Gasteiger charge is 2.54. The van der Waals surface area contributed by atoms with Crippen LogP contribution >= 0.6 is 0 Å². The van der Waals surface area contributed by atoms with Gasteiger partial charge in [-0.2, -0.15) is 9.04 Å². The predicted octanol–water partition coefficient (Wildman–Crippen LogP) is 2.75. The fourth-order valence-corrected chi connectivity index (χ4v) is 7.20. The lowest BCUT2D eigenvalue weighted by atomic mass is 9.87. The second-order valence-corrected chi connectivity index (χ2v) is 12.2. The number of fused-ring (bicyclic) bond motifs is 1. The summed E-state index contributed by atoms with van der Waals surface area (Å²) in [5.74, 6) is -0.742. The highest BCUT2D eigenvalue weighted by molar-refractivity contribution is 7.89. The zero-order valence-electron chi connectivity index (χ0n) is 21.3. The fraction of sp³-hybridized carbons (Fsp3) is 0.357. The number of likely N-dealkylation sites (tertiary alicyclic amines) is 1. The summed E-state index contributed by atoms with van der Waals surface area (Å²) in [5.41, 5.74) is 2.55. The molecule has 0 bridgehead atoms. The highest BCUT2D eigenvalue weighted by Crippen LogP contribution is 2.37. The standard InChI is InChI=1S/C28H30N4O5S/c1-19(2)15-23(20-7-5-8-21(16-20)24-10-3-4-12-29-24)28(34)31-14-11-25-27(31)26(33)18-32(25)38(36,37)22-9-6-13-30(35)17-22/h3-10,12-13,16-17,19,23,25,27H,11,14-15,18H2,1-2H3. The molecule has 10 heteroatoms. The first-order valence-electron chi connectivity index (χ1n) is 12.7. The van der Waals surface area contributed by atoms with Crippen LogP contribution in [0.15, 0.2) is 78.1 Å². The summed E-state index contributed by atoms with van der Waals surface area (Å²) >= 11 is 0. The summed E-state index contributed by atoms with van der Waals surface area (Å²) in [4.78, 5) is 33.0. The van der Waals surface area contributed by atoms with Gasteiger partial charge in [-0.3, -0.25) is 14.6 Å². The van der Waals surface area contributed by atoms with E-state index < -0.39 is 28.0 Å². The Hall–Kier alpha value is -3.63. The van der Waals surface area contributed by atoms with Crippen LogP contribution in [-0.4, -0.2) is 59.5 Å². The molecule has 0 N–H and O–H groups in total. The molecule has 3 unspecified atom stereocenters. The first-order valence-corrected chi connectivity index (χ1v) is 14.2. The van der Waals surface area contributed by atoms with E-state index in [2.05, 4.69) is 4.98 Å². The lowest BCUT2D eigenvalue weighted by Gasteiger charge is -2.29. The first-order chi connectivity index (χ1) is 18.2. The number of ketones is 1. The lowest BCUT2D eigenvalue weighted by molar-refractivity contribution is -0.607. The number of rotatable bonds is 7. The summed E-state index contributed by atoms with van der Waals surface area (Å²) in [6.07, 6.45) is 4.85. The normalized spacial score (nSPS) is 20.6. The van der Waals surface area contributed by atoms with Crippen LogP contribution in [0.2, 0.25) is 0 Å². The number of amides is 1. The maximum atomic E-state index is 14.0. The fourth-order valence-electron chi connectivity index (χ4n) is 5.56. The topological polar surface area (TPSA) is 115 Å². The molecule has 0 spiro atoms. The molecule has 2 aliphatic rings. The molecule has 2 saturated heterocycles. The minimum atomic E-state index is -4.08. The Bertz CT molecular complexity index is 1460. The van der Waals surface area contributed by atoms with Crippen molar-refractivity contribution in [2.75, 3.05) is 13.1 Å². The van der Waals surface area contributed by atoms with Crippen LogP contribution < -0.4 is 4.73 Å². The Morgan fingerprint density at radius 3 is 2.68 bits per heavy atom. The number of aromatic nitrogens is 2. The molecule has 9 nitrogen and oxygen atoms in total. The van der Waals surface area contributed by atoms with Gasteiger partial charge in [0.2, 0.25) is 15.9 Å². The quantitative estimate of drug-likeness (QED) is 0.340. The van der Waals surface area contributed by atoms with Crippen LogP contribution in [0.1, 0.15) is 38.2 Å². The highest BCUT2D eigenvalue weighted by atomic mass is 32.2. The average molecular weight is 535 g/mol. The summed E-state index contributed by atoms with van der Waals surface area (Å²) in [6, 6.07) is 14.6. The number of nitrogens with zero attached hydrogens (tertiary/aromatic N) is 4. The van der Waals surface area contributed by atoms with Gasteiger partial charge >= 0.3 is 0 Å². The predicted molar refractivity (Wildman–Crippen MR) is 140 cm³/mol. The smallest absolute Gasteiger partial charge is 0.249 e. The molecule has 3 atom stereocenters. The SMILES string of the molecule is CC(C)CC(C(=O)N1CCC2C1C(=O)CN2S(=O)(=O)c1ccc[n+]([O-])c1)c1cccc(-c2ccccn2)c1. The Labute approximate surface area is 222 Å². The van der Waals surface area contributed by atoms with Crippen molar-refractivity contribution in [1.29, 1.82) is 0 Å². The molecular weight excluding hydrogens is 504 g/mol. The third kappa shape index (κ3) is 4.81. The van der Waals surface area contributed by atoms with Gasteiger partial charge in [-0.1, -0.05) is 38.1 Å². The molecular formula is C28H30N4O5S. The third-order valence-corrected chi connectivity index (χ3v) is 9.12. The molecule has 1 amide bonds. The van der Waals surface area contributed by atoms with E-state index in [1.807, 2.05) is 56.3 Å². The zero-order valence-corrected chi connectivity index (χ0v) is 22.1. The van der Waals surface area contributed by atoms with Gasteiger partial charge in [0.1, 0.15) is 10.9 Å². The number of carbonyl (C=O) groups excluding carboxylic acids is 2. The minimum absolute atomic E-state index is 0.169. The maximum Gasteiger partial charge on any atom is 0.249 e. The third-order valence-electron chi connectivity index (χ3n) is 7.27. The Morgan fingerprint density at radius 1 is 1.16 bits per heavy atom. The van der Waals surface area contributed by atoms with Gasteiger partial charge in [0.25, 0.3) is 0 Å². The molecule has 2 aromatic heterocycles. The van der Waals surface area contributed by atoms with Crippen LogP contribution in [0.25, 0.3) is 11.3 Å². The van der Waals surface area contributed by atoms with Crippen LogP contribution in [0.5, 0.6) is 0 Å². The van der Waals surface area contributed by atoms with Crippen molar-refractivity contribution in [3.05, 3.63) is 84.0 Å². The molecule has 198 valence electrons. The molecule has 4 heterocycles. The van der Waals surface area contributed by atoms with E-state index in [-0.39, 0.29) is 35.6 Å².